The van der Waals surface area contributed by atoms with Crippen molar-refractivity contribution in [2.75, 3.05) is 7.11 Å². The quantitative estimate of drug-likeness (QED) is 0.737. The van der Waals surface area contributed by atoms with Crippen LogP contribution in [-0.4, -0.2) is 37.3 Å². The van der Waals surface area contributed by atoms with Gasteiger partial charge in [0.05, 0.1) is 0 Å². The molecule has 0 rings (SSSR count). The Morgan fingerprint density at radius 2 is 1.11 bits per heavy atom. The van der Waals surface area contributed by atoms with E-state index in [0.29, 0.717) is 0 Å². The van der Waals surface area contributed by atoms with E-state index < -0.39 is 37.1 Å². The number of rotatable bonds is 4. The average Bonchev–Trinajstić information content (AvgIpc) is 2.10. The second kappa shape index (κ2) is 4.65. The van der Waals surface area contributed by atoms with Gasteiger partial charge in [0.2, 0.25) is 0 Å². The molecule has 0 aromatic rings. The highest BCUT2D eigenvalue weighted by Crippen LogP contribution is 2.52. The summed E-state index contributed by atoms with van der Waals surface area (Å²) in [6.45, 7) is -0.746. The first-order chi connectivity index (χ1) is 8.02. The highest BCUT2D eigenvalue weighted by Gasteiger charge is 2.79. The lowest BCUT2D eigenvalue weighted by molar-refractivity contribution is -0.503. The molecule has 0 fully saturated rings. The van der Waals surface area contributed by atoms with Crippen molar-refractivity contribution >= 4 is 0 Å². The van der Waals surface area contributed by atoms with Crippen molar-refractivity contribution in [1.82, 2.24) is 0 Å². The van der Waals surface area contributed by atoms with E-state index in [0.717, 1.165) is 0 Å². The third-order valence-corrected chi connectivity index (χ3v) is 2.04. The Labute approximate surface area is 98.8 Å². The third kappa shape index (κ3) is 3.22. The van der Waals surface area contributed by atoms with Gasteiger partial charge in [0.1, 0.15) is 0 Å². The first kappa shape index (κ1) is 18.2. The van der Waals surface area contributed by atoms with Gasteiger partial charge in [-0.1, -0.05) is 0 Å². The molecule has 2 atom stereocenters. The van der Waals surface area contributed by atoms with Gasteiger partial charge in [0.25, 0.3) is 5.67 Å². The Balaban J connectivity index is 5.74. The van der Waals surface area contributed by atoms with Crippen LogP contribution in [0.2, 0.25) is 0 Å². The molecule has 0 aromatic heterocycles. The Kier molecular flexibility index (Phi) is 4.46. The molecule has 2 nitrogen and oxygen atoms in total. The standard InChI is InChI=1S/C7H6F10O2/c1-3(8,5(10,11)12)4(9,18-2)6(13,14)19-7(15,16)17/h1-2H3. The van der Waals surface area contributed by atoms with E-state index in [2.05, 4.69) is 4.74 Å². The van der Waals surface area contributed by atoms with E-state index in [4.69, 9.17) is 0 Å². The molecule has 0 N–H and O–H groups in total. The maximum Gasteiger partial charge on any atom is 0.527 e. The van der Waals surface area contributed by atoms with Crippen molar-refractivity contribution < 1.29 is 53.4 Å². The van der Waals surface area contributed by atoms with Crippen molar-refractivity contribution in [3.05, 3.63) is 0 Å². The first-order valence-electron chi connectivity index (χ1n) is 4.16. The zero-order valence-corrected chi connectivity index (χ0v) is 9.10. The van der Waals surface area contributed by atoms with Crippen LogP contribution in [0.4, 0.5) is 43.9 Å². The highest BCUT2D eigenvalue weighted by atomic mass is 19.4. The van der Waals surface area contributed by atoms with Crippen LogP contribution in [0.3, 0.4) is 0 Å². The zero-order chi connectivity index (χ0) is 15.9. The molecule has 0 aromatic carbocycles. The fourth-order valence-electron chi connectivity index (χ4n) is 0.977. The molecule has 2 unspecified atom stereocenters. The summed E-state index contributed by atoms with van der Waals surface area (Å²) in [6, 6.07) is 0. The molecular formula is C7H6F10O2. The van der Waals surface area contributed by atoms with Gasteiger partial charge in [-0.15, -0.1) is 13.2 Å². The van der Waals surface area contributed by atoms with Gasteiger partial charge in [0, 0.05) is 7.11 Å². The summed E-state index contributed by atoms with van der Waals surface area (Å²) in [5, 5.41) is 0. The molecule has 116 valence electrons. The second-order valence-corrected chi connectivity index (χ2v) is 3.36. The summed E-state index contributed by atoms with van der Waals surface area (Å²) in [4.78, 5) is 0. The van der Waals surface area contributed by atoms with Crippen molar-refractivity contribution in [2.24, 2.45) is 0 Å². The van der Waals surface area contributed by atoms with Crippen LogP contribution in [0.5, 0.6) is 0 Å². The van der Waals surface area contributed by atoms with E-state index in [9.17, 15) is 43.9 Å². The zero-order valence-electron chi connectivity index (χ0n) is 9.10. The van der Waals surface area contributed by atoms with E-state index in [1.165, 1.54) is 0 Å². The molecule has 0 aliphatic carbocycles. The van der Waals surface area contributed by atoms with Crippen LogP contribution in [-0.2, 0) is 9.47 Å². The lowest BCUT2D eigenvalue weighted by Crippen LogP contribution is -2.66. The topological polar surface area (TPSA) is 18.5 Å². The molecule has 0 amide bonds. The van der Waals surface area contributed by atoms with Gasteiger partial charge < -0.3 is 4.74 Å². The van der Waals surface area contributed by atoms with Crippen molar-refractivity contribution in [3.63, 3.8) is 0 Å². The van der Waals surface area contributed by atoms with Crippen molar-refractivity contribution in [3.8, 4) is 0 Å². The molecule has 0 aliphatic rings. The van der Waals surface area contributed by atoms with E-state index >= 15 is 0 Å². The monoisotopic (exact) mass is 312 g/mol. The van der Waals surface area contributed by atoms with Gasteiger partial charge >= 0.3 is 24.5 Å². The summed E-state index contributed by atoms with van der Waals surface area (Å²) in [7, 11) is -0.169. The molecule has 0 heterocycles. The minimum absolute atomic E-state index is 0.169. The van der Waals surface area contributed by atoms with Crippen LogP contribution in [0.25, 0.3) is 0 Å². The van der Waals surface area contributed by atoms with Crippen molar-refractivity contribution in [1.29, 1.82) is 0 Å². The number of methoxy groups -OCH3 is 1. The van der Waals surface area contributed by atoms with E-state index in [1.807, 2.05) is 4.74 Å². The number of alkyl halides is 10. The summed E-state index contributed by atoms with van der Waals surface area (Å²) >= 11 is 0. The first-order valence-corrected chi connectivity index (χ1v) is 4.16. The van der Waals surface area contributed by atoms with Gasteiger partial charge in [-0.25, -0.2) is 9.13 Å². The van der Waals surface area contributed by atoms with Gasteiger partial charge in [0.15, 0.2) is 0 Å². The largest absolute Gasteiger partial charge is 0.527 e. The summed E-state index contributed by atoms with van der Waals surface area (Å²) < 4.78 is 128. The normalized spacial score (nSPS) is 20.8. The van der Waals surface area contributed by atoms with Crippen LogP contribution < -0.4 is 0 Å². The maximum absolute atomic E-state index is 13.4. The molecule has 0 aliphatic heterocycles. The van der Waals surface area contributed by atoms with E-state index in [-0.39, 0.29) is 7.11 Å². The van der Waals surface area contributed by atoms with Gasteiger partial charge in [-0.3, -0.25) is 0 Å². The number of halogens is 10. The van der Waals surface area contributed by atoms with Crippen molar-refractivity contribution in [2.45, 2.75) is 37.1 Å². The Morgan fingerprint density at radius 3 is 1.32 bits per heavy atom. The molecule has 0 saturated heterocycles. The molecule has 19 heavy (non-hydrogen) atoms. The number of ether oxygens (including phenoxy) is 2. The highest BCUT2D eigenvalue weighted by molar-refractivity contribution is 5.01. The van der Waals surface area contributed by atoms with Crippen LogP contribution in [0, 0.1) is 0 Å². The Bertz CT molecular complexity index is 319. The van der Waals surface area contributed by atoms with Crippen LogP contribution in [0.1, 0.15) is 6.92 Å². The van der Waals surface area contributed by atoms with Crippen LogP contribution in [0.15, 0.2) is 0 Å². The number of hydrogen-bond acceptors (Lipinski definition) is 2. The van der Waals surface area contributed by atoms with E-state index in [1.54, 1.807) is 0 Å². The third-order valence-electron chi connectivity index (χ3n) is 2.04. The fraction of sp³-hybridized carbons (Fsp3) is 1.00. The summed E-state index contributed by atoms with van der Waals surface area (Å²) in [5.41, 5.74) is -5.47. The lowest BCUT2D eigenvalue weighted by atomic mass is 9.96. The minimum Gasteiger partial charge on any atom is -0.340 e. The smallest absolute Gasteiger partial charge is 0.340 e. The number of hydrogen-bond donors (Lipinski definition) is 0. The molecule has 12 heteroatoms. The summed E-state index contributed by atoms with van der Waals surface area (Å²) in [6.07, 6.45) is -18.8. The Hall–Kier alpha value is -0.780. The second-order valence-electron chi connectivity index (χ2n) is 3.36. The molecule has 0 spiro atoms. The molecule has 0 bridgehead atoms. The molecule has 0 saturated carbocycles. The molecule has 0 radical (unpaired) electrons. The predicted octanol–water partition coefficient (Wildman–Crippen LogP) is 3.72. The SMILES string of the molecule is COC(F)(C(F)(F)OC(F)(F)F)C(C)(F)C(F)(F)F. The average molecular weight is 312 g/mol. The maximum atomic E-state index is 13.4. The minimum atomic E-state index is -6.28. The van der Waals surface area contributed by atoms with Gasteiger partial charge in [-0.2, -0.15) is 26.3 Å². The summed E-state index contributed by atoms with van der Waals surface area (Å²) in [5.74, 6) is -5.74. The van der Waals surface area contributed by atoms with Crippen LogP contribution >= 0.6 is 0 Å². The predicted molar refractivity (Wildman–Crippen MR) is 38.5 cm³/mol. The van der Waals surface area contributed by atoms with Gasteiger partial charge in [-0.05, 0) is 6.92 Å². The fourth-order valence-corrected chi connectivity index (χ4v) is 0.977. The lowest BCUT2D eigenvalue weighted by Gasteiger charge is -2.40. The Morgan fingerprint density at radius 1 is 0.737 bits per heavy atom. The molecular weight excluding hydrogens is 306 g/mol.